The van der Waals surface area contributed by atoms with E-state index in [9.17, 15) is 0 Å². The molecule has 0 fully saturated rings. The smallest absolute Gasteiger partial charge is 1.00 e. The van der Waals surface area contributed by atoms with E-state index < -0.39 is 15.2 Å². The summed E-state index contributed by atoms with van der Waals surface area (Å²) in [7, 11) is -4.61. The fraction of sp³-hybridized carbons (Fsp3) is 0. The molecule has 0 radical (unpaired) electrons. The maximum atomic E-state index is 8.56. The third kappa shape index (κ3) is 1150. The molecule has 10 heteroatoms. The van der Waals surface area contributed by atoms with Crippen LogP contribution in [-0.4, -0.2) is 62.0 Å². The molecule has 0 unspecified atom stereocenters. The predicted octanol–water partition coefficient (Wildman–Crippen LogP) is -6.45. The summed E-state index contributed by atoms with van der Waals surface area (Å²) in [6, 6.07) is 0. The first kappa shape index (κ1) is 22.6. The van der Waals surface area contributed by atoms with Gasteiger partial charge in [0.05, 0.1) is 0 Å². The predicted molar refractivity (Wildman–Crippen MR) is 36.3 cm³/mol. The molecule has 0 bridgehead atoms. The first-order valence-electron chi connectivity index (χ1n) is 1.55. The molecule has 0 spiro atoms. The standard InChI is InChI=1S/CH2O3.Al.Na.H4O4Si.4H/c2-1(3)4;;;1-5(2,3)4;;;;/h(H2,2,3,4);;;1-4H;;;;/q;;+1;;;;;-1. The van der Waals surface area contributed by atoms with E-state index in [0.717, 1.165) is 0 Å². The fourth-order valence-electron chi connectivity index (χ4n) is 0. The zero-order valence-electron chi connectivity index (χ0n) is 6.09. The van der Waals surface area contributed by atoms with Crippen LogP contribution in [-0.2, 0) is 0 Å². The summed E-state index contributed by atoms with van der Waals surface area (Å²) >= 11 is 0. The molecular formula is CH10AlNaO7Si. The Kier molecular flexibility index (Phi) is 22.4. The number of carboxylic acid groups (broad SMARTS) is 2. The second kappa shape index (κ2) is 10.9. The Hall–Kier alpha value is 0.859. The molecule has 6 N–H and O–H groups in total. The molecule has 0 aromatic heterocycles. The van der Waals surface area contributed by atoms with Crippen LogP contribution in [0.2, 0.25) is 0 Å². The summed E-state index contributed by atoms with van der Waals surface area (Å²) in [4.78, 5) is 37.9. The van der Waals surface area contributed by atoms with Gasteiger partial charge in [0.2, 0.25) is 0 Å². The van der Waals surface area contributed by atoms with E-state index in [1.165, 1.54) is 0 Å². The van der Waals surface area contributed by atoms with Crippen molar-refractivity contribution in [3.05, 3.63) is 0 Å². The second-order valence-electron chi connectivity index (χ2n) is 0.883. The minimum absolute atomic E-state index is 0. The monoisotopic (exact) mass is 212 g/mol. The molecule has 0 atom stereocenters. The zero-order chi connectivity index (χ0) is 8.08. The molecule has 0 heterocycles. The maximum absolute atomic E-state index is 8.56. The van der Waals surface area contributed by atoms with Gasteiger partial charge in [-0.25, -0.2) is 4.79 Å². The maximum Gasteiger partial charge on any atom is 1.00 e. The van der Waals surface area contributed by atoms with Crippen molar-refractivity contribution < 1.29 is 65.2 Å². The second-order valence-corrected chi connectivity index (χ2v) is 2.08. The first-order valence-corrected chi connectivity index (χ1v) is 3.33. The molecule has 64 valence electrons. The molecule has 0 saturated carbocycles. The molecule has 0 aliphatic rings. The average molecular weight is 212 g/mol. The summed E-state index contributed by atoms with van der Waals surface area (Å²) in [5, 5.41) is 13.9. The summed E-state index contributed by atoms with van der Waals surface area (Å²) in [5.41, 5.74) is 0. The third-order valence-corrected chi connectivity index (χ3v) is 0. The molecule has 0 aromatic rings. The summed E-state index contributed by atoms with van der Waals surface area (Å²) in [5.74, 6) is 0. The zero-order valence-corrected chi connectivity index (χ0v) is 8.09. The molecule has 0 aliphatic carbocycles. The van der Waals surface area contributed by atoms with Crippen LogP contribution >= 0.6 is 0 Å². The molecule has 7 nitrogen and oxygen atoms in total. The van der Waals surface area contributed by atoms with Gasteiger partial charge in [-0.15, -0.1) is 0 Å². The van der Waals surface area contributed by atoms with Crippen LogP contribution in [0.4, 0.5) is 4.79 Å². The Labute approximate surface area is 97.3 Å². The fourth-order valence-corrected chi connectivity index (χ4v) is 0. The Morgan fingerprint density at radius 3 is 1.09 bits per heavy atom. The Balaban J connectivity index is -0.0000000221. The molecule has 0 rings (SSSR count). The van der Waals surface area contributed by atoms with Crippen molar-refractivity contribution in [1.82, 2.24) is 0 Å². The summed E-state index contributed by atoms with van der Waals surface area (Å²) in [6.45, 7) is 0. The minimum Gasteiger partial charge on any atom is -1.00 e. The largest absolute Gasteiger partial charge is 1.00 e. The average Bonchev–Trinajstić information content (AvgIpc) is 1.19. The van der Waals surface area contributed by atoms with E-state index in [0.29, 0.717) is 0 Å². The van der Waals surface area contributed by atoms with Gasteiger partial charge in [0, 0.05) is 0 Å². The number of rotatable bonds is 0. The van der Waals surface area contributed by atoms with Gasteiger partial charge in [0.15, 0.2) is 17.4 Å². The Bertz CT molecular complexity index is 85.9. The van der Waals surface area contributed by atoms with Crippen molar-refractivity contribution >= 4 is 32.6 Å². The van der Waals surface area contributed by atoms with Crippen LogP contribution in [0.5, 0.6) is 0 Å². The van der Waals surface area contributed by atoms with Crippen LogP contribution in [0.1, 0.15) is 1.43 Å². The van der Waals surface area contributed by atoms with Gasteiger partial charge in [0.1, 0.15) is 0 Å². The number of hydrogen-bond acceptors (Lipinski definition) is 5. The van der Waals surface area contributed by atoms with Gasteiger partial charge in [-0.3, -0.25) is 0 Å². The Morgan fingerprint density at radius 2 is 1.09 bits per heavy atom. The van der Waals surface area contributed by atoms with Gasteiger partial charge in [0.25, 0.3) is 0 Å². The van der Waals surface area contributed by atoms with Crippen molar-refractivity contribution in [2.45, 2.75) is 0 Å². The van der Waals surface area contributed by atoms with Crippen molar-refractivity contribution in [2.75, 3.05) is 0 Å². The minimum atomic E-state index is -4.61. The van der Waals surface area contributed by atoms with Crippen molar-refractivity contribution in [3.63, 3.8) is 0 Å². The van der Waals surface area contributed by atoms with Crippen molar-refractivity contribution in [1.29, 1.82) is 0 Å². The first-order chi connectivity index (χ1) is 3.73. The van der Waals surface area contributed by atoms with Crippen molar-refractivity contribution in [3.8, 4) is 0 Å². The van der Waals surface area contributed by atoms with Crippen LogP contribution in [0.15, 0.2) is 0 Å². The van der Waals surface area contributed by atoms with Gasteiger partial charge in [-0.05, 0) is 0 Å². The third-order valence-electron chi connectivity index (χ3n) is 0. The van der Waals surface area contributed by atoms with Gasteiger partial charge in [-0.2, -0.15) is 0 Å². The van der Waals surface area contributed by atoms with E-state index in [1.54, 1.807) is 0 Å². The van der Waals surface area contributed by atoms with Crippen LogP contribution in [0, 0.1) is 0 Å². The number of hydrogen-bond donors (Lipinski definition) is 6. The molecule has 0 aromatic carbocycles. The molecule has 0 saturated heterocycles. The number of carbonyl (C=O) groups is 1. The quantitative estimate of drug-likeness (QED) is 0.219. The van der Waals surface area contributed by atoms with Crippen LogP contribution in [0.3, 0.4) is 0 Å². The molecule has 0 amide bonds. The van der Waals surface area contributed by atoms with Crippen molar-refractivity contribution in [2.24, 2.45) is 0 Å². The molecule has 11 heavy (non-hydrogen) atoms. The van der Waals surface area contributed by atoms with E-state index in [2.05, 4.69) is 0 Å². The normalized spacial score (nSPS) is 7.64. The topological polar surface area (TPSA) is 138 Å². The van der Waals surface area contributed by atoms with E-state index >= 15 is 0 Å². The molecule has 0 aliphatic heterocycles. The van der Waals surface area contributed by atoms with Gasteiger partial charge in [-0.1, -0.05) is 0 Å². The SMILES string of the molecule is O=C(O)O.O[Si](O)(O)O.[AlH3].[H-].[Na+]. The van der Waals surface area contributed by atoms with Gasteiger partial charge >= 0.3 is 44.8 Å². The van der Waals surface area contributed by atoms with E-state index in [1.807, 2.05) is 0 Å². The summed E-state index contributed by atoms with van der Waals surface area (Å²) in [6.07, 6.45) is -1.83. The van der Waals surface area contributed by atoms with Crippen LogP contribution in [0.25, 0.3) is 0 Å². The van der Waals surface area contributed by atoms with Crippen LogP contribution < -0.4 is 29.6 Å². The van der Waals surface area contributed by atoms with Gasteiger partial charge < -0.3 is 30.8 Å². The summed E-state index contributed by atoms with van der Waals surface area (Å²) < 4.78 is 0. The molecular weight excluding hydrogens is 202 g/mol. The van der Waals surface area contributed by atoms with E-state index in [-0.39, 0.29) is 48.3 Å². The van der Waals surface area contributed by atoms with E-state index in [4.69, 9.17) is 34.2 Å². The Morgan fingerprint density at radius 1 is 1.09 bits per heavy atom.